The lowest BCUT2D eigenvalue weighted by Gasteiger charge is -2.44. The Balaban J connectivity index is 1.72. The van der Waals surface area contributed by atoms with Gasteiger partial charge < -0.3 is 11.1 Å². The van der Waals surface area contributed by atoms with Gasteiger partial charge in [0.2, 0.25) is 23.6 Å². The highest BCUT2D eigenvalue weighted by atomic mass is 19.4. The molecular weight excluding hydrogens is 471 g/mol. The summed E-state index contributed by atoms with van der Waals surface area (Å²) in [6, 6.07) is 0.737. The Morgan fingerprint density at radius 2 is 1.56 bits per heavy atom. The van der Waals surface area contributed by atoms with E-state index in [0.29, 0.717) is 0 Å². The van der Waals surface area contributed by atoms with Gasteiger partial charge in [0.15, 0.2) is 11.6 Å². The van der Waals surface area contributed by atoms with E-state index in [1.54, 1.807) is 0 Å². The van der Waals surface area contributed by atoms with Gasteiger partial charge in [-0.25, -0.2) is 37.5 Å². The van der Waals surface area contributed by atoms with Crippen molar-refractivity contribution in [2.45, 2.75) is 81.1 Å². The molecule has 2 aliphatic carbocycles. The first-order valence-corrected chi connectivity index (χ1v) is 10.9. The van der Waals surface area contributed by atoms with Crippen molar-refractivity contribution in [1.82, 2.24) is 20.6 Å². The summed E-state index contributed by atoms with van der Waals surface area (Å²) < 4.78 is 94.7. The van der Waals surface area contributed by atoms with Gasteiger partial charge in [-0.3, -0.25) is 5.32 Å². The number of aliphatic imine (C=N–C) groups is 2. The molecular formula is C20H24F7N7. The Bertz CT molecular complexity index is 958. The average Bonchev–Trinajstić information content (AvgIpc) is 2.74. The van der Waals surface area contributed by atoms with E-state index in [4.69, 9.17) is 5.73 Å². The van der Waals surface area contributed by atoms with Gasteiger partial charge in [0.05, 0.1) is 11.7 Å². The number of nitrogens with one attached hydrogen (secondary N) is 2. The van der Waals surface area contributed by atoms with Crippen LogP contribution < -0.4 is 16.4 Å². The third kappa shape index (κ3) is 5.19. The molecule has 4 rings (SSSR count). The molecule has 0 radical (unpaired) electrons. The third-order valence-corrected chi connectivity index (χ3v) is 6.46. The molecule has 3 aliphatic rings. The molecule has 188 valence electrons. The van der Waals surface area contributed by atoms with E-state index >= 15 is 0 Å². The predicted molar refractivity (Wildman–Crippen MR) is 108 cm³/mol. The maximum absolute atomic E-state index is 13.9. The normalized spacial score (nSPS) is 29.3. The van der Waals surface area contributed by atoms with E-state index in [-0.39, 0.29) is 56.1 Å². The lowest BCUT2D eigenvalue weighted by molar-refractivity contribution is -0.145. The van der Waals surface area contributed by atoms with Crippen LogP contribution in [-0.2, 0) is 11.8 Å². The van der Waals surface area contributed by atoms with Gasteiger partial charge in [-0.15, -0.1) is 0 Å². The highest BCUT2D eigenvalue weighted by Crippen LogP contribution is 2.45. The molecule has 1 aromatic heterocycles. The quantitative estimate of drug-likeness (QED) is 0.552. The third-order valence-electron chi connectivity index (χ3n) is 6.46. The Labute approximate surface area is 190 Å². The molecule has 1 aromatic rings. The Morgan fingerprint density at radius 3 is 2.15 bits per heavy atom. The van der Waals surface area contributed by atoms with Crippen molar-refractivity contribution in [3.8, 4) is 0 Å². The van der Waals surface area contributed by atoms with Crippen LogP contribution >= 0.6 is 0 Å². The van der Waals surface area contributed by atoms with Crippen molar-refractivity contribution in [1.29, 1.82) is 0 Å². The molecule has 34 heavy (non-hydrogen) atoms. The second kappa shape index (κ2) is 8.52. The summed E-state index contributed by atoms with van der Waals surface area (Å²) in [5, 5.41) is 5.61. The monoisotopic (exact) mass is 495 g/mol. The highest BCUT2D eigenvalue weighted by Gasteiger charge is 2.50. The van der Waals surface area contributed by atoms with E-state index in [1.807, 2.05) is 0 Å². The first kappa shape index (κ1) is 24.5. The second-order valence-electron chi connectivity index (χ2n) is 8.97. The molecule has 0 bridgehead atoms. The molecule has 4 N–H and O–H groups in total. The van der Waals surface area contributed by atoms with Crippen LogP contribution in [0.5, 0.6) is 0 Å². The van der Waals surface area contributed by atoms with E-state index in [0.717, 1.165) is 6.20 Å². The maximum atomic E-state index is 13.9. The largest absolute Gasteiger partial charge is 0.451 e. The van der Waals surface area contributed by atoms with Crippen LogP contribution in [0.15, 0.2) is 22.2 Å². The number of alkyl halides is 7. The second-order valence-corrected chi connectivity index (χ2v) is 8.97. The minimum atomic E-state index is -4.84. The van der Waals surface area contributed by atoms with Crippen LogP contribution in [0.4, 0.5) is 30.7 Å². The zero-order chi connectivity index (χ0) is 24.8. The minimum Gasteiger partial charge on any atom is -0.370 e. The smallest absolute Gasteiger partial charge is 0.370 e. The van der Waals surface area contributed by atoms with Crippen LogP contribution in [0.1, 0.15) is 62.9 Å². The van der Waals surface area contributed by atoms with E-state index in [2.05, 4.69) is 30.6 Å². The van der Waals surface area contributed by atoms with Gasteiger partial charge in [-0.2, -0.15) is 13.2 Å². The number of halogens is 7. The molecule has 7 nitrogen and oxygen atoms in total. The van der Waals surface area contributed by atoms with E-state index in [9.17, 15) is 30.7 Å². The first-order valence-electron chi connectivity index (χ1n) is 10.9. The molecule has 1 aliphatic heterocycles. The molecule has 0 spiro atoms. The molecule has 0 saturated heterocycles. The number of nitrogens with zero attached hydrogens (tertiary/aromatic N) is 4. The maximum Gasteiger partial charge on any atom is 0.451 e. The Kier molecular flexibility index (Phi) is 6.13. The van der Waals surface area contributed by atoms with Gasteiger partial charge in [-0.1, -0.05) is 0 Å². The molecule has 1 atom stereocenters. The summed E-state index contributed by atoms with van der Waals surface area (Å²) in [5.41, 5.74) is 4.04. The number of hydrogen-bond donors (Lipinski definition) is 3. The molecule has 1 unspecified atom stereocenters. The predicted octanol–water partition coefficient (Wildman–Crippen LogP) is 3.92. The fourth-order valence-electron chi connectivity index (χ4n) is 4.67. The van der Waals surface area contributed by atoms with Crippen LogP contribution in [-0.4, -0.2) is 39.8 Å². The van der Waals surface area contributed by atoms with Crippen molar-refractivity contribution >= 4 is 11.9 Å². The summed E-state index contributed by atoms with van der Waals surface area (Å²) in [7, 11) is 0. The molecule has 2 heterocycles. The highest BCUT2D eigenvalue weighted by molar-refractivity contribution is 6.00. The Morgan fingerprint density at radius 1 is 0.971 bits per heavy atom. The minimum absolute atomic E-state index is 0.0206. The topological polar surface area (TPSA) is 101 Å². The number of guanidine groups is 2. The molecule has 0 aromatic carbocycles. The zero-order valence-corrected chi connectivity index (χ0v) is 18.0. The van der Waals surface area contributed by atoms with Crippen LogP contribution in [0.3, 0.4) is 0 Å². The molecule has 2 fully saturated rings. The van der Waals surface area contributed by atoms with Gasteiger partial charge >= 0.3 is 6.18 Å². The summed E-state index contributed by atoms with van der Waals surface area (Å²) in [6.07, 6.45) is -5.50. The standard InChI is InChI=1S/C20H24F7N7/c21-17(22)6-1-11(2-7-17)19(13-5-10-29-14(31-13)20(25,26)27)33-15(28)32-16(34-19)30-12-3-8-18(23,24)9-4-12/h5,10-12H,1-4,6-9H2,(H4,28,30,32,33,34). The average molecular weight is 495 g/mol. The summed E-state index contributed by atoms with van der Waals surface area (Å²) >= 11 is 0. The van der Waals surface area contributed by atoms with Gasteiger partial charge in [0.25, 0.3) is 0 Å². The summed E-state index contributed by atoms with van der Waals surface area (Å²) in [6.45, 7) is 0. The number of rotatable bonds is 3. The fraction of sp³-hybridized carbons (Fsp3) is 0.700. The van der Waals surface area contributed by atoms with Crippen LogP contribution in [0.2, 0.25) is 0 Å². The fourth-order valence-corrected chi connectivity index (χ4v) is 4.67. The summed E-state index contributed by atoms with van der Waals surface area (Å²) in [4.78, 5) is 15.7. The van der Waals surface area contributed by atoms with Gasteiger partial charge in [-0.05, 0) is 31.7 Å². The van der Waals surface area contributed by atoms with Gasteiger partial charge in [0.1, 0.15) is 0 Å². The summed E-state index contributed by atoms with van der Waals surface area (Å²) in [5.74, 6) is -7.95. The van der Waals surface area contributed by atoms with E-state index in [1.165, 1.54) is 6.07 Å². The van der Waals surface area contributed by atoms with E-state index < -0.39 is 54.3 Å². The zero-order valence-electron chi connectivity index (χ0n) is 18.0. The van der Waals surface area contributed by atoms with Gasteiger partial charge in [0, 0.05) is 37.8 Å². The first-order chi connectivity index (χ1) is 15.8. The van der Waals surface area contributed by atoms with Crippen molar-refractivity contribution in [2.24, 2.45) is 21.6 Å². The number of nitrogens with two attached hydrogens (primary N) is 1. The molecule has 0 amide bonds. The number of aromatic nitrogens is 2. The van der Waals surface area contributed by atoms with Crippen LogP contribution in [0.25, 0.3) is 0 Å². The lowest BCUT2D eigenvalue weighted by Crippen LogP contribution is -2.62. The molecule has 14 heteroatoms. The van der Waals surface area contributed by atoms with Crippen molar-refractivity contribution in [3.63, 3.8) is 0 Å². The Hall–Kier alpha value is -2.67. The van der Waals surface area contributed by atoms with Crippen molar-refractivity contribution in [2.75, 3.05) is 0 Å². The molecule has 2 saturated carbocycles. The van der Waals surface area contributed by atoms with Crippen molar-refractivity contribution in [3.05, 3.63) is 23.8 Å². The van der Waals surface area contributed by atoms with Crippen molar-refractivity contribution < 1.29 is 30.7 Å². The van der Waals surface area contributed by atoms with Crippen LogP contribution in [0, 0.1) is 5.92 Å². The lowest BCUT2D eigenvalue weighted by atomic mass is 9.76. The number of hydrogen-bond acceptors (Lipinski definition) is 5. The SMILES string of the molecule is NC1=NC(c2ccnc(C(F)(F)F)n2)(C2CCC(F)(F)CC2)NC(=NC2CCC(F)(F)CC2)N1.